The van der Waals surface area contributed by atoms with Crippen LogP contribution in [0.4, 0.5) is 11.4 Å². The molecule has 9 heteroatoms. The first-order chi connectivity index (χ1) is 20.5. The third-order valence-electron chi connectivity index (χ3n) is 5.89. The molecular weight excluding hydrogens is 603 g/mol. The minimum absolute atomic E-state index is 0. The van der Waals surface area contributed by atoms with Gasteiger partial charge in [0.05, 0.1) is 12.2 Å². The van der Waals surface area contributed by atoms with Gasteiger partial charge in [-0.25, -0.2) is 0 Å². The fourth-order valence-electron chi connectivity index (χ4n) is 3.62. The minimum atomic E-state index is -0.375. The van der Waals surface area contributed by atoms with Crippen LogP contribution < -0.4 is 10.6 Å². The van der Waals surface area contributed by atoms with Crippen LogP contribution in [-0.2, 0) is 26.4 Å². The summed E-state index contributed by atoms with van der Waals surface area (Å²) in [6, 6.07) is 14.2. The van der Waals surface area contributed by atoms with Crippen molar-refractivity contribution in [3.63, 3.8) is 0 Å². The van der Waals surface area contributed by atoms with E-state index in [1.54, 1.807) is 99.1 Å². The Morgan fingerprint density at radius 3 is 1.20 bits per heavy atom. The first kappa shape index (κ1) is 37.6. The van der Waals surface area contributed by atoms with Crippen molar-refractivity contribution in [2.45, 2.75) is 46.3 Å². The van der Waals surface area contributed by atoms with Crippen LogP contribution in [0.2, 0.25) is 0 Å². The number of benzene rings is 2. The van der Waals surface area contributed by atoms with E-state index in [0.717, 1.165) is 11.4 Å². The fourth-order valence-corrected chi connectivity index (χ4v) is 3.62. The Labute approximate surface area is 268 Å². The number of ketones is 4. The maximum atomic E-state index is 11.5. The largest absolute Gasteiger partial charge is 0.393 e. The van der Waals surface area contributed by atoms with Crippen molar-refractivity contribution in [3.8, 4) is 0 Å². The van der Waals surface area contributed by atoms with Gasteiger partial charge in [0.2, 0.25) is 0 Å². The summed E-state index contributed by atoms with van der Waals surface area (Å²) in [5.74, 6) is 0.0292. The molecule has 4 rings (SSSR count). The maximum Gasteiger partial charge on any atom is 0.187 e. The van der Waals surface area contributed by atoms with Gasteiger partial charge in [0.1, 0.15) is 0 Å². The van der Waals surface area contributed by atoms with Gasteiger partial charge in [0, 0.05) is 62.8 Å². The zero-order valence-electron chi connectivity index (χ0n) is 25.1. The van der Waals surface area contributed by atoms with Gasteiger partial charge < -0.3 is 20.8 Å². The SMILES string of the molecule is CC(=O)c1ccc(NC=C2C=CC=CC2=O)cc1.CC(=O)c1ccc(NC=C2C=CC=CC2=O)cc1.CC(O)CC(C)O.[Co]. The van der Waals surface area contributed by atoms with Crippen LogP contribution >= 0.6 is 0 Å². The summed E-state index contributed by atoms with van der Waals surface area (Å²) >= 11 is 0. The third kappa shape index (κ3) is 14.2. The molecule has 44 heavy (non-hydrogen) atoms. The summed E-state index contributed by atoms with van der Waals surface area (Å²) in [6.45, 7) is 6.38. The van der Waals surface area contributed by atoms with Crippen molar-refractivity contribution in [3.05, 3.63) is 132 Å². The second-order valence-electron chi connectivity index (χ2n) is 9.85. The number of carbonyl (C=O) groups excluding carboxylic acids is 4. The standard InChI is InChI=1S/2C15H13NO2.C5H12O2.Co/c2*1-11(17)12-6-8-14(9-7-12)16-10-13-4-2-3-5-15(13)18;1-4(6)3-5(2)7;/h2*2-10,16H,1H3;4-7H,3H2,1-2H3;. The molecule has 2 unspecified atom stereocenters. The molecule has 2 atom stereocenters. The van der Waals surface area contributed by atoms with E-state index in [0.29, 0.717) is 28.7 Å². The molecule has 2 aromatic carbocycles. The molecular formula is C35H38CoN2O6. The predicted molar refractivity (Wildman–Crippen MR) is 171 cm³/mol. The van der Waals surface area contributed by atoms with E-state index in [4.69, 9.17) is 10.2 Å². The number of anilines is 2. The van der Waals surface area contributed by atoms with Crippen LogP contribution in [0.25, 0.3) is 0 Å². The number of aliphatic hydroxyl groups is 2. The van der Waals surface area contributed by atoms with Crippen LogP contribution in [0.5, 0.6) is 0 Å². The molecule has 8 nitrogen and oxygen atoms in total. The Bertz CT molecular complexity index is 1350. The van der Waals surface area contributed by atoms with Gasteiger partial charge >= 0.3 is 0 Å². The van der Waals surface area contributed by atoms with Gasteiger partial charge in [0.15, 0.2) is 23.1 Å². The summed E-state index contributed by atoms with van der Waals surface area (Å²) in [5, 5.41) is 23.2. The van der Waals surface area contributed by atoms with E-state index in [1.165, 1.54) is 26.0 Å². The Morgan fingerprint density at radius 1 is 0.636 bits per heavy atom. The van der Waals surface area contributed by atoms with Crippen molar-refractivity contribution in [2.24, 2.45) is 0 Å². The molecule has 0 fully saturated rings. The van der Waals surface area contributed by atoms with Gasteiger partial charge in [0.25, 0.3) is 0 Å². The fraction of sp³-hybridized carbons (Fsp3) is 0.200. The Hall–Kier alpha value is -4.41. The van der Waals surface area contributed by atoms with Crippen molar-refractivity contribution >= 4 is 34.5 Å². The Balaban J connectivity index is 0.000000357. The topological polar surface area (TPSA) is 133 Å². The Kier molecular flexibility index (Phi) is 16.9. The van der Waals surface area contributed by atoms with E-state index >= 15 is 0 Å². The summed E-state index contributed by atoms with van der Waals surface area (Å²) in [7, 11) is 0. The van der Waals surface area contributed by atoms with Crippen LogP contribution in [0.1, 0.15) is 54.8 Å². The van der Waals surface area contributed by atoms with Gasteiger partial charge in [-0.3, -0.25) is 19.2 Å². The number of Topliss-reactive ketones (excluding diaryl/α,β-unsaturated/α-hetero) is 2. The molecule has 233 valence electrons. The molecule has 2 aliphatic rings. The quantitative estimate of drug-likeness (QED) is 0.207. The van der Waals surface area contributed by atoms with E-state index in [-0.39, 0.29) is 52.1 Å². The average Bonchev–Trinajstić information content (AvgIpc) is 2.97. The third-order valence-corrected chi connectivity index (χ3v) is 5.89. The average molecular weight is 642 g/mol. The number of hydrogen-bond acceptors (Lipinski definition) is 8. The number of hydrogen-bond donors (Lipinski definition) is 4. The predicted octanol–water partition coefficient (Wildman–Crippen LogP) is 5.90. The number of nitrogens with one attached hydrogen (secondary N) is 2. The molecule has 0 heterocycles. The molecule has 1 radical (unpaired) electrons. The zero-order chi connectivity index (χ0) is 31.8. The summed E-state index contributed by atoms with van der Waals surface area (Å²) in [4.78, 5) is 45.2. The van der Waals surface area contributed by atoms with E-state index in [2.05, 4.69) is 10.6 Å². The summed E-state index contributed by atoms with van der Waals surface area (Å²) in [5.41, 5.74) is 4.22. The van der Waals surface area contributed by atoms with Crippen LogP contribution in [0.15, 0.2) is 121 Å². The summed E-state index contributed by atoms with van der Waals surface area (Å²) in [6.07, 6.45) is 16.6. The maximum absolute atomic E-state index is 11.5. The van der Waals surface area contributed by atoms with Crippen molar-refractivity contribution < 1.29 is 46.2 Å². The van der Waals surface area contributed by atoms with Crippen molar-refractivity contribution in [1.82, 2.24) is 0 Å². The summed E-state index contributed by atoms with van der Waals surface area (Å²) < 4.78 is 0. The number of rotatable bonds is 8. The normalized spacial score (nSPS) is 16.1. The van der Waals surface area contributed by atoms with E-state index in [9.17, 15) is 19.2 Å². The van der Waals surface area contributed by atoms with Gasteiger partial charge in [-0.2, -0.15) is 0 Å². The van der Waals surface area contributed by atoms with Crippen LogP contribution in [-0.4, -0.2) is 45.6 Å². The molecule has 4 N–H and O–H groups in total. The van der Waals surface area contributed by atoms with Gasteiger partial charge in [-0.1, -0.05) is 24.3 Å². The molecule has 0 bridgehead atoms. The molecule has 0 saturated heterocycles. The molecule has 2 aliphatic carbocycles. The second kappa shape index (κ2) is 19.7. The first-order valence-corrected chi connectivity index (χ1v) is 13.8. The molecule has 2 aromatic rings. The molecule has 0 amide bonds. The number of allylic oxidation sites excluding steroid dienone is 10. The second-order valence-corrected chi connectivity index (χ2v) is 9.85. The Morgan fingerprint density at radius 2 is 0.955 bits per heavy atom. The number of carbonyl (C=O) groups is 4. The van der Waals surface area contributed by atoms with E-state index in [1.807, 2.05) is 12.2 Å². The minimum Gasteiger partial charge on any atom is -0.393 e. The number of aliphatic hydroxyl groups excluding tert-OH is 2. The van der Waals surface area contributed by atoms with Crippen molar-refractivity contribution in [1.29, 1.82) is 0 Å². The first-order valence-electron chi connectivity index (χ1n) is 13.8. The van der Waals surface area contributed by atoms with Gasteiger partial charge in [-0.15, -0.1) is 0 Å². The zero-order valence-corrected chi connectivity index (χ0v) is 26.2. The van der Waals surface area contributed by atoms with E-state index < -0.39 is 0 Å². The monoisotopic (exact) mass is 641 g/mol. The van der Waals surface area contributed by atoms with Crippen LogP contribution in [0.3, 0.4) is 0 Å². The smallest absolute Gasteiger partial charge is 0.187 e. The molecule has 0 aliphatic heterocycles. The van der Waals surface area contributed by atoms with Gasteiger partial charge in [-0.05, 0) is 107 Å². The van der Waals surface area contributed by atoms with Crippen LogP contribution in [0, 0.1) is 0 Å². The van der Waals surface area contributed by atoms with Crippen molar-refractivity contribution in [2.75, 3.05) is 10.6 Å². The molecule has 0 aromatic heterocycles. The molecule has 0 saturated carbocycles. The molecule has 0 spiro atoms.